The van der Waals surface area contributed by atoms with E-state index < -0.39 is 0 Å². The van der Waals surface area contributed by atoms with Crippen LogP contribution in [0.5, 0.6) is 0 Å². The molecule has 1 atom stereocenters. The van der Waals surface area contributed by atoms with Gasteiger partial charge in [-0.05, 0) is 24.5 Å². The summed E-state index contributed by atoms with van der Waals surface area (Å²) in [7, 11) is 0. The molecule has 6 nitrogen and oxygen atoms in total. The average molecular weight is 287 g/mol. The predicted octanol–water partition coefficient (Wildman–Crippen LogP) is 1.78. The van der Waals surface area contributed by atoms with Crippen LogP contribution in [-0.4, -0.2) is 29.3 Å². The van der Waals surface area contributed by atoms with Crippen LogP contribution in [0.4, 0.5) is 0 Å². The first-order valence-corrected chi connectivity index (χ1v) is 7.03. The van der Waals surface area contributed by atoms with Gasteiger partial charge in [-0.25, -0.2) is 0 Å². The molecule has 1 aromatic carbocycles. The van der Waals surface area contributed by atoms with Gasteiger partial charge in [0.2, 0.25) is 17.7 Å². The summed E-state index contributed by atoms with van der Waals surface area (Å²) >= 11 is 0. The number of nitrogens with zero attached hydrogens (tertiary/aromatic N) is 2. The van der Waals surface area contributed by atoms with Crippen molar-refractivity contribution >= 4 is 5.91 Å². The number of carbonyl (C=O) groups is 1. The molecule has 2 heterocycles. The zero-order chi connectivity index (χ0) is 14.5. The minimum absolute atomic E-state index is 0.00930. The Kier molecular flexibility index (Phi) is 4.25. The summed E-state index contributed by atoms with van der Waals surface area (Å²) in [6.07, 6.45) is 1.44. The van der Waals surface area contributed by atoms with Gasteiger partial charge in [0.25, 0.3) is 0 Å². The SMILES string of the molecule is O=C(C[C@H]1CCOC1)NCc1nnc(-c2ccccc2)o1. The Morgan fingerprint density at radius 3 is 2.90 bits per heavy atom. The van der Waals surface area contributed by atoms with E-state index in [9.17, 15) is 4.79 Å². The van der Waals surface area contributed by atoms with Gasteiger partial charge >= 0.3 is 0 Å². The van der Waals surface area contributed by atoms with E-state index in [2.05, 4.69) is 15.5 Å². The van der Waals surface area contributed by atoms with E-state index in [0.717, 1.165) is 18.6 Å². The van der Waals surface area contributed by atoms with Crippen LogP contribution in [0.2, 0.25) is 0 Å². The summed E-state index contributed by atoms with van der Waals surface area (Å²) in [5, 5.41) is 10.7. The third-order valence-electron chi connectivity index (χ3n) is 3.42. The minimum Gasteiger partial charge on any atom is -0.419 e. The molecule has 0 bridgehead atoms. The van der Waals surface area contributed by atoms with E-state index in [1.807, 2.05) is 30.3 Å². The molecule has 1 N–H and O–H groups in total. The highest BCUT2D eigenvalue weighted by Gasteiger charge is 2.19. The van der Waals surface area contributed by atoms with Crippen LogP contribution in [0.3, 0.4) is 0 Å². The van der Waals surface area contributed by atoms with Crippen LogP contribution in [-0.2, 0) is 16.1 Å². The second-order valence-corrected chi connectivity index (χ2v) is 5.08. The van der Waals surface area contributed by atoms with Crippen molar-refractivity contribution in [3.63, 3.8) is 0 Å². The largest absolute Gasteiger partial charge is 0.419 e. The van der Waals surface area contributed by atoms with Gasteiger partial charge in [0, 0.05) is 25.2 Å². The quantitative estimate of drug-likeness (QED) is 0.907. The molecule has 0 aliphatic carbocycles. The molecule has 1 fully saturated rings. The van der Waals surface area contributed by atoms with Crippen molar-refractivity contribution in [1.82, 2.24) is 15.5 Å². The van der Waals surface area contributed by atoms with Gasteiger partial charge in [0.1, 0.15) is 0 Å². The summed E-state index contributed by atoms with van der Waals surface area (Å²) in [5.74, 6) is 1.19. The van der Waals surface area contributed by atoms with Crippen molar-refractivity contribution in [2.45, 2.75) is 19.4 Å². The van der Waals surface area contributed by atoms with Crippen LogP contribution in [0.25, 0.3) is 11.5 Å². The van der Waals surface area contributed by atoms with Crippen molar-refractivity contribution in [1.29, 1.82) is 0 Å². The van der Waals surface area contributed by atoms with Gasteiger partial charge in [-0.2, -0.15) is 0 Å². The topological polar surface area (TPSA) is 77.2 Å². The maximum atomic E-state index is 11.8. The Balaban J connectivity index is 1.51. The molecule has 2 aromatic rings. The Hall–Kier alpha value is -2.21. The molecular formula is C15H17N3O3. The second kappa shape index (κ2) is 6.49. The zero-order valence-electron chi connectivity index (χ0n) is 11.6. The predicted molar refractivity (Wildman–Crippen MR) is 75.1 cm³/mol. The summed E-state index contributed by atoms with van der Waals surface area (Å²) in [6.45, 7) is 1.68. The third-order valence-corrected chi connectivity index (χ3v) is 3.42. The van der Waals surface area contributed by atoms with Crippen molar-refractivity contribution in [2.24, 2.45) is 5.92 Å². The highest BCUT2D eigenvalue weighted by atomic mass is 16.5. The van der Waals surface area contributed by atoms with Crippen molar-refractivity contribution in [2.75, 3.05) is 13.2 Å². The van der Waals surface area contributed by atoms with Gasteiger partial charge in [-0.1, -0.05) is 18.2 Å². The van der Waals surface area contributed by atoms with Gasteiger partial charge < -0.3 is 14.5 Å². The summed E-state index contributed by atoms with van der Waals surface area (Å²) in [4.78, 5) is 11.8. The van der Waals surface area contributed by atoms with E-state index in [1.54, 1.807) is 0 Å². The molecule has 1 aliphatic heterocycles. The van der Waals surface area contributed by atoms with Gasteiger partial charge in [0.05, 0.1) is 6.54 Å². The first-order chi connectivity index (χ1) is 10.3. The first kappa shape index (κ1) is 13.8. The van der Waals surface area contributed by atoms with E-state index >= 15 is 0 Å². The fourth-order valence-corrected chi connectivity index (χ4v) is 2.28. The third kappa shape index (κ3) is 3.66. The van der Waals surface area contributed by atoms with E-state index in [-0.39, 0.29) is 12.5 Å². The molecule has 1 aromatic heterocycles. The van der Waals surface area contributed by atoms with E-state index in [1.165, 1.54) is 0 Å². The van der Waals surface area contributed by atoms with E-state index in [4.69, 9.17) is 9.15 Å². The Morgan fingerprint density at radius 2 is 2.14 bits per heavy atom. The lowest BCUT2D eigenvalue weighted by Crippen LogP contribution is -2.25. The smallest absolute Gasteiger partial charge is 0.247 e. The Morgan fingerprint density at radius 1 is 1.29 bits per heavy atom. The number of rotatable bonds is 5. The number of hydrogen-bond acceptors (Lipinski definition) is 5. The fraction of sp³-hybridized carbons (Fsp3) is 0.400. The molecule has 1 saturated heterocycles. The van der Waals surface area contributed by atoms with Gasteiger partial charge in [-0.15, -0.1) is 10.2 Å². The maximum Gasteiger partial charge on any atom is 0.247 e. The normalized spacial score (nSPS) is 17.8. The number of nitrogens with one attached hydrogen (secondary N) is 1. The minimum atomic E-state index is -0.00930. The van der Waals surface area contributed by atoms with Gasteiger partial charge in [0.15, 0.2) is 0 Å². The number of ether oxygens (including phenoxy) is 1. The molecule has 1 amide bonds. The molecule has 0 unspecified atom stereocenters. The second-order valence-electron chi connectivity index (χ2n) is 5.08. The van der Waals surface area contributed by atoms with Gasteiger partial charge in [-0.3, -0.25) is 4.79 Å². The van der Waals surface area contributed by atoms with Crippen LogP contribution < -0.4 is 5.32 Å². The number of hydrogen-bond donors (Lipinski definition) is 1. The molecule has 1 aliphatic rings. The first-order valence-electron chi connectivity index (χ1n) is 7.03. The maximum absolute atomic E-state index is 11.8. The molecule has 21 heavy (non-hydrogen) atoms. The van der Waals surface area contributed by atoms with Crippen LogP contribution in [0.15, 0.2) is 34.7 Å². The molecule has 6 heteroatoms. The lowest BCUT2D eigenvalue weighted by molar-refractivity contribution is -0.122. The Labute approximate surface area is 122 Å². The number of aromatic nitrogens is 2. The lowest BCUT2D eigenvalue weighted by atomic mass is 10.1. The monoisotopic (exact) mass is 287 g/mol. The molecular weight excluding hydrogens is 270 g/mol. The standard InChI is InChI=1S/C15H17N3O3/c19-13(8-11-6-7-20-10-11)16-9-14-17-18-15(21-14)12-4-2-1-3-5-12/h1-5,11H,6-10H2,(H,16,19)/t11-/m1/s1. The summed E-state index contributed by atoms with van der Waals surface area (Å²) in [6, 6.07) is 9.54. The van der Waals surface area contributed by atoms with Crippen molar-refractivity contribution in [3.8, 4) is 11.5 Å². The molecule has 110 valence electrons. The highest BCUT2D eigenvalue weighted by molar-refractivity contribution is 5.76. The fourth-order valence-electron chi connectivity index (χ4n) is 2.28. The van der Waals surface area contributed by atoms with Crippen LogP contribution in [0, 0.1) is 5.92 Å². The number of benzene rings is 1. The average Bonchev–Trinajstić information content (AvgIpc) is 3.17. The molecule has 0 spiro atoms. The highest BCUT2D eigenvalue weighted by Crippen LogP contribution is 2.17. The zero-order valence-corrected chi connectivity index (χ0v) is 11.6. The Bertz CT molecular complexity index is 591. The summed E-state index contributed by atoms with van der Waals surface area (Å²) in [5.41, 5.74) is 0.866. The van der Waals surface area contributed by atoms with Crippen molar-refractivity contribution in [3.05, 3.63) is 36.2 Å². The lowest BCUT2D eigenvalue weighted by Gasteiger charge is -2.06. The molecule has 0 radical (unpaired) electrons. The van der Waals surface area contributed by atoms with E-state index in [0.29, 0.717) is 30.7 Å². The van der Waals surface area contributed by atoms with Crippen molar-refractivity contribution < 1.29 is 13.9 Å². The van der Waals surface area contributed by atoms with Crippen LogP contribution >= 0.6 is 0 Å². The molecule has 0 saturated carbocycles. The number of carbonyl (C=O) groups excluding carboxylic acids is 1. The van der Waals surface area contributed by atoms with Crippen LogP contribution in [0.1, 0.15) is 18.7 Å². The number of amides is 1. The molecule has 3 rings (SSSR count). The summed E-state index contributed by atoms with van der Waals surface area (Å²) < 4.78 is 10.8.